The lowest BCUT2D eigenvalue weighted by Crippen LogP contribution is -2.55. The molecular formula is C22H24N2O5S. The number of hydrogen-bond donors (Lipinski definition) is 0. The van der Waals surface area contributed by atoms with E-state index in [1.165, 1.54) is 30.3 Å². The van der Waals surface area contributed by atoms with Crippen LogP contribution in [0.25, 0.3) is 5.70 Å². The van der Waals surface area contributed by atoms with Crippen LogP contribution in [0.5, 0.6) is 0 Å². The summed E-state index contributed by atoms with van der Waals surface area (Å²) in [7, 11) is -2.75. The number of esters is 1. The second kappa shape index (κ2) is 8.71. The van der Waals surface area contributed by atoms with Gasteiger partial charge in [0.1, 0.15) is 12.6 Å². The topological polar surface area (TPSA) is 84.0 Å². The lowest BCUT2D eigenvalue weighted by Gasteiger charge is -2.41. The second-order valence-corrected chi connectivity index (χ2v) is 9.06. The molecule has 0 aromatic heterocycles. The van der Waals surface area contributed by atoms with E-state index >= 15 is 0 Å². The van der Waals surface area contributed by atoms with Gasteiger partial charge in [-0.05, 0) is 23.6 Å². The monoisotopic (exact) mass is 428 g/mol. The first-order chi connectivity index (χ1) is 14.3. The van der Waals surface area contributed by atoms with Crippen molar-refractivity contribution in [1.29, 1.82) is 0 Å². The molecule has 1 atom stereocenters. The maximum atomic E-state index is 13.5. The molecule has 0 spiro atoms. The summed E-state index contributed by atoms with van der Waals surface area (Å²) in [6.07, 6.45) is 1.44. The van der Waals surface area contributed by atoms with E-state index in [-0.39, 0.29) is 17.4 Å². The molecule has 0 saturated heterocycles. The quantitative estimate of drug-likeness (QED) is 0.661. The van der Waals surface area contributed by atoms with Crippen molar-refractivity contribution in [2.24, 2.45) is 5.92 Å². The fourth-order valence-electron chi connectivity index (χ4n) is 3.37. The Morgan fingerprint density at radius 3 is 2.13 bits per heavy atom. The van der Waals surface area contributed by atoms with Crippen LogP contribution in [0.15, 0.2) is 71.8 Å². The van der Waals surface area contributed by atoms with Crippen molar-refractivity contribution in [2.75, 3.05) is 13.7 Å². The molecule has 0 fully saturated rings. The summed E-state index contributed by atoms with van der Waals surface area (Å²) < 4.78 is 32.7. The Bertz CT molecular complexity index is 1050. The molecule has 0 bridgehead atoms. The Hall–Kier alpha value is -3.13. The third-order valence-corrected chi connectivity index (χ3v) is 6.62. The van der Waals surface area contributed by atoms with Crippen LogP contribution in [0, 0.1) is 5.92 Å². The molecule has 1 unspecified atom stereocenters. The molecule has 30 heavy (non-hydrogen) atoms. The van der Waals surface area contributed by atoms with Crippen molar-refractivity contribution in [1.82, 2.24) is 9.21 Å². The lowest BCUT2D eigenvalue weighted by molar-refractivity contribution is -0.146. The summed E-state index contributed by atoms with van der Waals surface area (Å²) in [4.78, 5) is 26.9. The van der Waals surface area contributed by atoms with Gasteiger partial charge in [-0.25, -0.2) is 8.42 Å². The van der Waals surface area contributed by atoms with E-state index in [4.69, 9.17) is 4.74 Å². The zero-order valence-corrected chi connectivity index (χ0v) is 17.9. The summed E-state index contributed by atoms with van der Waals surface area (Å²) >= 11 is 0. The Morgan fingerprint density at radius 1 is 1.03 bits per heavy atom. The Morgan fingerprint density at radius 2 is 1.60 bits per heavy atom. The molecule has 158 valence electrons. The van der Waals surface area contributed by atoms with Gasteiger partial charge in [-0.3, -0.25) is 18.8 Å². The normalized spacial score (nSPS) is 17.1. The first kappa shape index (κ1) is 21.6. The van der Waals surface area contributed by atoms with Crippen molar-refractivity contribution in [3.8, 4) is 0 Å². The van der Waals surface area contributed by atoms with E-state index in [1.54, 1.807) is 56.3 Å². The standard InChI is InChI=1S/C22H24N2O5S/c1-16(2)21-22(26)23(15-20(25)29-3)19(17-10-6-4-7-11-17)14-24(21)30(27,28)18-12-8-5-9-13-18/h4-14,16,21H,15H2,1-3H3. The number of hydrogen-bond acceptors (Lipinski definition) is 5. The van der Waals surface area contributed by atoms with Gasteiger partial charge in [-0.2, -0.15) is 0 Å². The Kier molecular flexibility index (Phi) is 6.26. The van der Waals surface area contributed by atoms with E-state index in [0.717, 1.165) is 4.31 Å². The molecule has 1 heterocycles. The number of amides is 1. The Labute approximate surface area is 176 Å². The van der Waals surface area contributed by atoms with E-state index in [2.05, 4.69) is 0 Å². The highest BCUT2D eigenvalue weighted by Gasteiger charge is 2.43. The number of nitrogens with zero attached hydrogens (tertiary/aromatic N) is 2. The van der Waals surface area contributed by atoms with Crippen LogP contribution in [-0.4, -0.2) is 49.2 Å². The number of rotatable bonds is 6. The molecule has 2 aromatic carbocycles. The van der Waals surface area contributed by atoms with Crippen molar-refractivity contribution in [3.05, 3.63) is 72.4 Å². The van der Waals surface area contributed by atoms with E-state index in [0.29, 0.717) is 11.3 Å². The minimum Gasteiger partial charge on any atom is -0.468 e. The zero-order chi connectivity index (χ0) is 21.9. The van der Waals surface area contributed by atoms with Crippen LogP contribution in [0.1, 0.15) is 19.4 Å². The third-order valence-electron chi connectivity index (χ3n) is 4.87. The third kappa shape index (κ3) is 4.09. The van der Waals surface area contributed by atoms with Crippen molar-refractivity contribution >= 4 is 27.6 Å². The molecule has 0 N–H and O–H groups in total. The molecule has 1 aliphatic heterocycles. The SMILES string of the molecule is COC(=O)CN1C(=O)C(C(C)C)N(S(=O)(=O)c2ccccc2)C=C1c1ccccc1. The average Bonchev–Trinajstić information content (AvgIpc) is 2.75. The van der Waals surface area contributed by atoms with Crippen LogP contribution in [-0.2, 0) is 24.3 Å². The van der Waals surface area contributed by atoms with Crippen molar-refractivity contribution in [3.63, 3.8) is 0 Å². The minimum absolute atomic E-state index is 0.0912. The van der Waals surface area contributed by atoms with Gasteiger partial charge >= 0.3 is 5.97 Å². The maximum absolute atomic E-state index is 13.5. The first-order valence-electron chi connectivity index (χ1n) is 9.51. The van der Waals surface area contributed by atoms with Crippen LogP contribution >= 0.6 is 0 Å². The molecule has 0 saturated carbocycles. The van der Waals surface area contributed by atoms with Gasteiger partial charge in [0.15, 0.2) is 0 Å². The second-order valence-electron chi connectivity index (χ2n) is 7.22. The molecule has 7 nitrogen and oxygen atoms in total. The zero-order valence-electron chi connectivity index (χ0n) is 17.1. The molecule has 3 rings (SSSR count). The van der Waals surface area contributed by atoms with Crippen LogP contribution in [0.3, 0.4) is 0 Å². The molecule has 8 heteroatoms. The average molecular weight is 429 g/mol. The van der Waals surface area contributed by atoms with Gasteiger partial charge in [-0.1, -0.05) is 62.4 Å². The van der Waals surface area contributed by atoms with E-state index in [9.17, 15) is 18.0 Å². The van der Waals surface area contributed by atoms with E-state index in [1.807, 2.05) is 6.07 Å². The molecular weight excluding hydrogens is 404 g/mol. The van der Waals surface area contributed by atoms with Crippen molar-refractivity contribution in [2.45, 2.75) is 24.8 Å². The van der Waals surface area contributed by atoms with Gasteiger partial charge in [0.2, 0.25) is 0 Å². The fourth-order valence-corrected chi connectivity index (χ4v) is 4.98. The lowest BCUT2D eigenvalue weighted by atomic mass is 9.99. The number of benzene rings is 2. The summed E-state index contributed by atoms with van der Waals surface area (Å²) in [5.41, 5.74) is 0.938. The molecule has 1 aliphatic rings. The highest BCUT2D eigenvalue weighted by atomic mass is 32.2. The van der Waals surface area contributed by atoms with Crippen molar-refractivity contribution < 1.29 is 22.7 Å². The minimum atomic E-state index is -3.99. The largest absolute Gasteiger partial charge is 0.468 e. The number of carbonyl (C=O) groups excluding carboxylic acids is 2. The van der Waals surface area contributed by atoms with Gasteiger partial charge in [0, 0.05) is 6.20 Å². The smallest absolute Gasteiger partial charge is 0.325 e. The van der Waals surface area contributed by atoms with Crippen LogP contribution in [0.2, 0.25) is 0 Å². The van der Waals surface area contributed by atoms with Crippen LogP contribution < -0.4 is 0 Å². The molecule has 0 aliphatic carbocycles. The van der Waals surface area contributed by atoms with E-state index < -0.39 is 27.9 Å². The van der Waals surface area contributed by atoms with Crippen LogP contribution in [0.4, 0.5) is 0 Å². The number of sulfonamides is 1. The molecule has 1 amide bonds. The van der Waals surface area contributed by atoms with Gasteiger partial charge in [0.05, 0.1) is 17.7 Å². The summed E-state index contributed by atoms with van der Waals surface area (Å²) in [5, 5.41) is 0. The summed E-state index contributed by atoms with van der Waals surface area (Å²) in [5.74, 6) is -1.40. The molecule has 0 radical (unpaired) electrons. The predicted molar refractivity (Wildman–Crippen MR) is 112 cm³/mol. The Balaban J connectivity index is 2.21. The number of methoxy groups -OCH3 is 1. The first-order valence-corrected chi connectivity index (χ1v) is 11.0. The highest BCUT2D eigenvalue weighted by molar-refractivity contribution is 7.89. The highest BCUT2D eigenvalue weighted by Crippen LogP contribution is 2.33. The molecule has 2 aromatic rings. The predicted octanol–water partition coefficient (Wildman–Crippen LogP) is 2.72. The maximum Gasteiger partial charge on any atom is 0.325 e. The number of carbonyl (C=O) groups is 2. The van der Waals surface area contributed by atoms with Gasteiger partial charge in [0.25, 0.3) is 15.9 Å². The van der Waals surface area contributed by atoms with Gasteiger partial charge < -0.3 is 4.74 Å². The summed E-state index contributed by atoms with van der Waals surface area (Å²) in [6.45, 7) is 3.24. The van der Waals surface area contributed by atoms with Gasteiger partial charge in [-0.15, -0.1) is 0 Å². The summed E-state index contributed by atoms with van der Waals surface area (Å²) in [6, 6.07) is 15.9. The number of ether oxygens (including phenoxy) is 1. The fraction of sp³-hybridized carbons (Fsp3) is 0.273.